The van der Waals surface area contributed by atoms with E-state index in [1.807, 2.05) is 55.4 Å². The van der Waals surface area contributed by atoms with Crippen LogP contribution in [0.1, 0.15) is 55.4 Å². The molecule has 6 heteroatoms. The standard InChI is InChI=1S/C16H32O5Si/c1-10-15(17)18-16(8,9)11-22(19-12(2)3,20-13(4)5)21-14(6)7/h10,12-14H,1,11H2,2-9H3. The van der Waals surface area contributed by atoms with E-state index in [0.717, 1.165) is 6.08 Å². The zero-order valence-corrected chi connectivity index (χ0v) is 16.3. The van der Waals surface area contributed by atoms with Crippen LogP contribution in [-0.4, -0.2) is 38.7 Å². The van der Waals surface area contributed by atoms with Crippen LogP contribution >= 0.6 is 0 Å². The van der Waals surface area contributed by atoms with Gasteiger partial charge in [0.15, 0.2) is 0 Å². The molecule has 0 aromatic rings. The number of rotatable bonds is 10. The molecule has 0 saturated heterocycles. The first kappa shape index (κ1) is 21.3. The summed E-state index contributed by atoms with van der Waals surface area (Å²) in [5, 5.41) is 0. The SMILES string of the molecule is C=CC(=O)OC(C)(C)C[Si](OC(C)C)(OC(C)C)OC(C)C. The lowest BCUT2D eigenvalue weighted by Crippen LogP contribution is -2.55. The molecule has 0 saturated carbocycles. The van der Waals surface area contributed by atoms with Gasteiger partial charge in [-0.1, -0.05) is 6.58 Å². The summed E-state index contributed by atoms with van der Waals surface area (Å²) in [6.07, 6.45) is 1.01. The Bertz CT molecular complexity index is 337. The van der Waals surface area contributed by atoms with Gasteiger partial charge in [-0.15, -0.1) is 0 Å². The molecular weight excluding hydrogens is 300 g/mol. The summed E-state index contributed by atoms with van der Waals surface area (Å²) in [6.45, 7) is 18.7. The highest BCUT2D eigenvalue weighted by Crippen LogP contribution is 2.30. The molecular formula is C16H32O5Si. The van der Waals surface area contributed by atoms with Gasteiger partial charge in [0.05, 0.1) is 6.04 Å². The smallest absolute Gasteiger partial charge is 0.457 e. The highest BCUT2D eigenvalue weighted by molar-refractivity contribution is 6.61. The number of carbonyl (C=O) groups is 1. The lowest BCUT2D eigenvalue weighted by atomic mass is 10.2. The van der Waals surface area contributed by atoms with Crippen molar-refractivity contribution >= 4 is 14.8 Å². The molecule has 0 fully saturated rings. The van der Waals surface area contributed by atoms with E-state index in [4.69, 9.17) is 18.0 Å². The molecule has 0 bridgehead atoms. The summed E-state index contributed by atoms with van der Waals surface area (Å²) in [7, 11) is -3.01. The van der Waals surface area contributed by atoms with Gasteiger partial charge >= 0.3 is 14.8 Å². The first-order chi connectivity index (χ1) is 9.91. The van der Waals surface area contributed by atoms with Gasteiger partial charge in [-0.2, -0.15) is 0 Å². The molecule has 0 aliphatic rings. The van der Waals surface area contributed by atoms with E-state index in [-0.39, 0.29) is 18.3 Å². The van der Waals surface area contributed by atoms with Gasteiger partial charge in [0, 0.05) is 24.4 Å². The summed E-state index contributed by atoms with van der Waals surface area (Å²) >= 11 is 0. The lowest BCUT2D eigenvalue weighted by Gasteiger charge is -2.38. The van der Waals surface area contributed by atoms with Gasteiger partial charge < -0.3 is 18.0 Å². The Hall–Kier alpha value is -0.693. The van der Waals surface area contributed by atoms with E-state index < -0.39 is 20.4 Å². The maximum Gasteiger partial charge on any atom is 0.505 e. The average molecular weight is 333 g/mol. The number of esters is 1. The molecule has 0 amide bonds. The summed E-state index contributed by atoms with van der Waals surface area (Å²) in [5.41, 5.74) is -0.768. The Morgan fingerprint density at radius 1 is 1.00 bits per heavy atom. The number of hydrogen-bond donors (Lipinski definition) is 0. The van der Waals surface area contributed by atoms with E-state index in [1.165, 1.54) is 0 Å². The summed E-state index contributed by atoms with van der Waals surface area (Å²) < 4.78 is 23.7. The normalized spacial score (nSPS) is 13.0. The van der Waals surface area contributed by atoms with Gasteiger partial charge in [0.1, 0.15) is 5.60 Å². The fourth-order valence-electron chi connectivity index (χ4n) is 2.16. The quantitative estimate of drug-likeness (QED) is 0.347. The highest BCUT2D eigenvalue weighted by Gasteiger charge is 2.49. The molecule has 130 valence electrons. The van der Waals surface area contributed by atoms with Crippen molar-refractivity contribution < 1.29 is 22.8 Å². The third kappa shape index (κ3) is 8.68. The van der Waals surface area contributed by atoms with Crippen LogP contribution in [0.4, 0.5) is 0 Å². The summed E-state index contributed by atoms with van der Waals surface area (Å²) in [5.74, 6) is -0.466. The lowest BCUT2D eigenvalue weighted by molar-refractivity contribution is -0.149. The van der Waals surface area contributed by atoms with Crippen molar-refractivity contribution in [3.63, 3.8) is 0 Å². The molecule has 0 aliphatic heterocycles. The minimum Gasteiger partial charge on any atom is -0.457 e. The Morgan fingerprint density at radius 3 is 1.64 bits per heavy atom. The Balaban J connectivity index is 5.40. The molecule has 0 unspecified atom stereocenters. The van der Waals surface area contributed by atoms with E-state index in [2.05, 4.69) is 6.58 Å². The fraction of sp³-hybridized carbons (Fsp3) is 0.812. The van der Waals surface area contributed by atoms with Crippen LogP contribution in [-0.2, 0) is 22.8 Å². The predicted molar refractivity (Wildman–Crippen MR) is 89.6 cm³/mol. The van der Waals surface area contributed by atoms with Crippen LogP contribution in [0.5, 0.6) is 0 Å². The Morgan fingerprint density at radius 2 is 1.36 bits per heavy atom. The molecule has 0 rings (SSSR count). The molecule has 0 N–H and O–H groups in total. The van der Waals surface area contributed by atoms with Crippen LogP contribution in [0.3, 0.4) is 0 Å². The molecule has 5 nitrogen and oxygen atoms in total. The Kier molecular flexibility index (Phi) is 8.54. The van der Waals surface area contributed by atoms with Gasteiger partial charge in [-0.05, 0) is 55.4 Å². The molecule has 22 heavy (non-hydrogen) atoms. The van der Waals surface area contributed by atoms with Crippen LogP contribution < -0.4 is 0 Å². The highest BCUT2D eigenvalue weighted by atomic mass is 28.4. The molecule has 0 radical (unpaired) electrons. The number of carbonyl (C=O) groups excluding carboxylic acids is 1. The van der Waals surface area contributed by atoms with Crippen LogP contribution in [0.25, 0.3) is 0 Å². The minimum atomic E-state index is -3.01. The second-order valence-corrected chi connectivity index (χ2v) is 9.17. The molecule has 0 aromatic carbocycles. The zero-order chi connectivity index (χ0) is 17.6. The summed E-state index contributed by atoms with van der Waals surface area (Å²) in [4.78, 5) is 11.5. The van der Waals surface area contributed by atoms with Crippen LogP contribution in [0.2, 0.25) is 6.04 Å². The maximum atomic E-state index is 11.5. The monoisotopic (exact) mass is 332 g/mol. The van der Waals surface area contributed by atoms with Crippen molar-refractivity contribution in [3.05, 3.63) is 12.7 Å². The van der Waals surface area contributed by atoms with Crippen molar-refractivity contribution in [2.24, 2.45) is 0 Å². The third-order valence-corrected chi connectivity index (χ3v) is 6.21. The topological polar surface area (TPSA) is 54.0 Å². The second-order valence-electron chi connectivity index (χ2n) is 6.74. The second kappa shape index (κ2) is 8.81. The molecule has 0 atom stereocenters. The fourth-order valence-corrected chi connectivity index (χ4v) is 5.84. The van der Waals surface area contributed by atoms with Crippen LogP contribution in [0.15, 0.2) is 12.7 Å². The largest absolute Gasteiger partial charge is 0.505 e. The van der Waals surface area contributed by atoms with E-state index in [1.54, 1.807) is 0 Å². The Labute approximate surface area is 136 Å². The van der Waals surface area contributed by atoms with Crippen molar-refractivity contribution in [3.8, 4) is 0 Å². The first-order valence-corrected chi connectivity index (χ1v) is 9.73. The van der Waals surface area contributed by atoms with Crippen molar-refractivity contribution in [1.29, 1.82) is 0 Å². The number of hydrogen-bond acceptors (Lipinski definition) is 5. The van der Waals surface area contributed by atoms with E-state index >= 15 is 0 Å². The summed E-state index contributed by atoms with van der Waals surface area (Å²) in [6, 6.07) is 0.383. The van der Waals surface area contributed by atoms with Gasteiger partial charge in [-0.3, -0.25) is 0 Å². The van der Waals surface area contributed by atoms with Crippen molar-refractivity contribution in [2.75, 3.05) is 0 Å². The molecule has 0 aromatic heterocycles. The van der Waals surface area contributed by atoms with Crippen molar-refractivity contribution in [1.82, 2.24) is 0 Å². The van der Waals surface area contributed by atoms with Crippen LogP contribution in [0, 0.1) is 0 Å². The third-order valence-electron chi connectivity index (χ3n) is 2.43. The first-order valence-electron chi connectivity index (χ1n) is 7.80. The predicted octanol–water partition coefficient (Wildman–Crippen LogP) is 3.71. The van der Waals surface area contributed by atoms with Gasteiger partial charge in [0.2, 0.25) is 0 Å². The maximum absolute atomic E-state index is 11.5. The van der Waals surface area contributed by atoms with Gasteiger partial charge in [0.25, 0.3) is 0 Å². The zero-order valence-electron chi connectivity index (χ0n) is 15.3. The van der Waals surface area contributed by atoms with Gasteiger partial charge in [-0.25, -0.2) is 4.79 Å². The van der Waals surface area contributed by atoms with E-state index in [9.17, 15) is 4.79 Å². The average Bonchev–Trinajstić information content (AvgIpc) is 2.23. The molecule has 0 aliphatic carbocycles. The van der Waals surface area contributed by atoms with E-state index in [0.29, 0.717) is 6.04 Å². The minimum absolute atomic E-state index is 0.0462. The molecule has 0 spiro atoms. The number of ether oxygens (including phenoxy) is 1. The van der Waals surface area contributed by atoms with Crippen molar-refractivity contribution in [2.45, 2.75) is 85.3 Å². The molecule has 0 heterocycles.